The van der Waals surface area contributed by atoms with Gasteiger partial charge < -0.3 is 10.6 Å². The number of rotatable bonds is 7. The van der Waals surface area contributed by atoms with Gasteiger partial charge in [0.1, 0.15) is 5.69 Å². The Hall–Kier alpha value is -3.65. The first-order chi connectivity index (χ1) is 16.8. The van der Waals surface area contributed by atoms with E-state index in [1.54, 1.807) is 4.68 Å². The smallest absolute Gasteiger partial charge is 0.295 e. The van der Waals surface area contributed by atoms with E-state index >= 15 is 0 Å². The van der Waals surface area contributed by atoms with Gasteiger partial charge >= 0.3 is 0 Å². The fourth-order valence-electron chi connectivity index (χ4n) is 4.82. The molecule has 4 rings (SSSR count). The highest BCUT2D eigenvalue weighted by Crippen LogP contribution is 2.25. The van der Waals surface area contributed by atoms with Crippen LogP contribution in [0, 0.1) is 5.92 Å². The van der Waals surface area contributed by atoms with Gasteiger partial charge in [0.15, 0.2) is 0 Å². The Kier molecular flexibility index (Phi) is 7.51. The number of carbonyl (C=O) groups excluding carboxylic acids is 2. The van der Waals surface area contributed by atoms with E-state index in [0.717, 1.165) is 36.5 Å². The van der Waals surface area contributed by atoms with Crippen LogP contribution in [-0.2, 0) is 16.6 Å². The van der Waals surface area contributed by atoms with Gasteiger partial charge in [0.05, 0.1) is 23.8 Å². The number of benzene rings is 2. The molecule has 35 heavy (non-hydrogen) atoms. The van der Waals surface area contributed by atoms with Gasteiger partial charge in [-0.1, -0.05) is 50.2 Å². The Morgan fingerprint density at radius 2 is 1.66 bits per heavy atom. The summed E-state index contributed by atoms with van der Waals surface area (Å²) in [5, 5.41) is 5.85. The second-order valence-electron chi connectivity index (χ2n) is 9.37. The van der Waals surface area contributed by atoms with Crippen molar-refractivity contribution in [2.24, 2.45) is 13.0 Å². The number of hydrogen-bond donors (Lipinski definition) is 2. The van der Waals surface area contributed by atoms with Crippen LogP contribution in [0.1, 0.15) is 38.3 Å². The van der Waals surface area contributed by atoms with Crippen molar-refractivity contribution in [1.29, 1.82) is 0 Å². The van der Waals surface area contributed by atoms with E-state index in [2.05, 4.69) is 10.6 Å². The van der Waals surface area contributed by atoms with Crippen molar-refractivity contribution in [2.45, 2.75) is 32.6 Å². The number of nitrogens with one attached hydrogen (secondary N) is 2. The molecule has 8 heteroatoms. The molecule has 0 bridgehead atoms. The molecule has 1 fully saturated rings. The zero-order valence-corrected chi connectivity index (χ0v) is 20.5. The third kappa shape index (κ3) is 5.54. The van der Waals surface area contributed by atoms with Gasteiger partial charge in [-0.05, 0) is 49.6 Å². The Morgan fingerprint density at radius 1 is 1.00 bits per heavy atom. The first-order valence-corrected chi connectivity index (χ1v) is 12.1. The van der Waals surface area contributed by atoms with Crippen molar-refractivity contribution in [1.82, 2.24) is 14.3 Å². The van der Waals surface area contributed by atoms with E-state index in [1.165, 1.54) is 0 Å². The second kappa shape index (κ2) is 10.7. The fourth-order valence-corrected chi connectivity index (χ4v) is 4.82. The molecule has 2 amide bonds. The van der Waals surface area contributed by atoms with Crippen molar-refractivity contribution in [3.05, 3.63) is 76.7 Å². The van der Waals surface area contributed by atoms with Crippen LogP contribution in [0.4, 0.5) is 11.4 Å². The van der Waals surface area contributed by atoms with Crippen LogP contribution < -0.4 is 16.2 Å². The first kappa shape index (κ1) is 24.5. The summed E-state index contributed by atoms with van der Waals surface area (Å²) < 4.78 is 3.41. The maximum Gasteiger partial charge on any atom is 0.295 e. The Morgan fingerprint density at radius 3 is 2.31 bits per heavy atom. The van der Waals surface area contributed by atoms with Crippen LogP contribution in [-0.4, -0.2) is 45.7 Å². The molecule has 0 radical (unpaired) electrons. The highest BCUT2D eigenvalue weighted by atomic mass is 16.2. The molecule has 2 aromatic carbocycles. The number of hydrogen-bond acceptors (Lipinski definition) is 4. The molecular formula is C27H33N5O3. The molecule has 1 unspecified atom stereocenters. The number of para-hydroxylation sites is 2. The molecule has 1 aliphatic heterocycles. The maximum absolute atomic E-state index is 13.4. The lowest BCUT2D eigenvalue weighted by Gasteiger charge is -2.31. The maximum atomic E-state index is 13.4. The summed E-state index contributed by atoms with van der Waals surface area (Å²) in [5.41, 5.74) is 2.36. The molecule has 1 atom stereocenters. The average Bonchev–Trinajstić information content (AvgIpc) is 3.09. The SMILES string of the molecule is CC(C)c1c(NC(=O)C2CCCN(CC(=O)Nc3ccccc3)C2)c(=O)n(-c2ccccc2)n1C. The molecular weight excluding hydrogens is 442 g/mol. The lowest BCUT2D eigenvalue weighted by atomic mass is 9.96. The number of nitrogens with zero attached hydrogens (tertiary/aromatic N) is 3. The van der Waals surface area contributed by atoms with Crippen molar-refractivity contribution < 1.29 is 9.59 Å². The quantitative estimate of drug-likeness (QED) is 0.547. The van der Waals surface area contributed by atoms with Gasteiger partial charge in [-0.2, -0.15) is 0 Å². The van der Waals surface area contributed by atoms with Crippen LogP contribution in [0.2, 0.25) is 0 Å². The summed E-state index contributed by atoms with van der Waals surface area (Å²) >= 11 is 0. The summed E-state index contributed by atoms with van der Waals surface area (Å²) in [7, 11) is 1.84. The van der Waals surface area contributed by atoms with Gasteiger partial charge in [-0.25, -0.2) is 4.68 Å². The van der Waals surface area contributed by atoms with Gasteiger partial charge in [-0.15, -0.1) is 0 Å². The topological polar surface area (TPSA) is 88.4 Å². The number of amides is 2. The highest BCUT2D eigenvalue weighted by molar-refractivity contribution is 5.94. The molecule has 1 aliphatic rings. The molecule has 0 saturated carbocycles. The molecule has 1 aromatic heterocycles. The number of likely N-dealkylation sites (tertiary alicyclic amines) is 1. The predicted octanol–water partition coefficient (Wildman–Crippen LogP) is 3.59. The van der Waals surface area contributed by atoms with Crippen LogP contribution in [0.3, 0.4) is 0 Å². The zero-order chi connectivity index (χ0) is 24.9. The third-order valence-electron chi connectivity index (χ3n) is 6.41. The Balaban J connectivity index is 1.47. The van der Waals surface area contributed by atoms with E-state index < -0.39 is 0 Å². The van der Waals surface area contributed by atoms with E-state index in [1.807, 2.05) is 91.1 Å². The Bertz CT molecular complexity index is 1230. The summed E-state index contributed by atoms with van der Waals surface area (Å²) in [4.78, 5) is 41.1. The standard InChI is InChI=1S/C27H33N5O3/c1-19(2)25-24(27(35)32(30(25)3)22-14-8-5-9-15-22)29-26(34)20-11-10-16-31(17-20)18-23(33)28-21-12-6-4-7-13-21/h4-9,12-15,19-20H,10-11,16-18H2,1-3H3,(H,28,33)(H,29,34). The van der Waals surface area contributed by atoms with Gasteiger partial charge in [0.2, 0.25) is 11.8 Å². The molecule has 3 aromatic rings. The first-order valence-electron chi connectivity index (χ1n) is 12.1. The predicted molar refractivity (Wildman–Crippen MR) is 138 cm³/mol. The van der Waals surface area contributed by atoms with Gasteiger partial charge in [0, 0.05) is 19.3 Å². The molecule has 1 saturated heterocycles. The number of anilines is 2. The lowest BCUT2D eigenvalue weighted by Crippen LogP contribution is -2.44. The van der Waals surface area contributed by atoms with Crippen LogP contribution in [0.25, 0.3) is 5.69 Å². The van der Waals surface area contributed by atoms with Crippen LogP contribution >= 0.6 is 0 Å². The third-order valence-corrected chi connectivity index (χ3v) is 6.41. The fraction of sp³-hybridized carbons (Fsp3) is 0.370. The number of aromatic nitrogens is 2. The summed E-state index contributed by atoms with van der Waals surface area (Å²) in [6.45, 7) is 5.48. The lowest BCUT2D eigenvalue weighted by molar-refractivity contribution is -0.123. The van der Waals surface area contributed by atoms with E-state index in [-0.39, 0.29) is 35.8 Å². The molecule has 0 spiro atoms. The van der Waals surface area contributed by atoms with Crippen molar-refractivity contribution in [3.8, 4) is 5.69 Å². The average molecular weight is 476 g/mol. The number of piperidine rings is 1. The van der Waals surface area contributed by atoms with Crippen molar-refractivity contribution in [2.75, 3.05) is 30.3 Å². The van der Waals surface area contributed by atoms with E-state index in [0.29, 0.717) is 12.2 Å². The van der Waals surface area contributed by atoms with E-state index in [4.69, 9.17) is 0 Å². The summed E-state index contributed by atoms with van der Waals surface area (Å²) in [6, 6.07) is 18.7. The summed E-state index contributed by atoms with van der Waals surface area (Å²) in [6.07, 6.45) is 1.54. The minimum absolute atomic E-state index is 0.0394. The van der Waals surface area contributed by atoms with Crippen LogP contribution in [0.5, 0.6) is 0 Å². The Labute approximate surface area is 205 Å². The highest BCUT2D eigenvalue weighted by Gasteiger charge is 2.30. The molecule has 2 N–H and O–H groups in total. The number of carbonyl (C=O) groups is 2. The van der Waals surface area contributed by atoms with Crippen molar-refractivity contribution in [3.63, 3.8) is 0 Å². The molecule has 8 nitrogen and oxygen atoms in total. The van der Waals surface area contributed by atoms with Crippen molar-refractivity contribution >= 4 is 23.2 Å². The van der Waals surface area contributed by atoms with Crippen LogP contribution in [0.15, 0.2) is 65.5 Å². The zero-order valence-electron chi connectivity index (χ0n) is 20.5. The molecule has 184 valence electrons. The minimum atomic E-state index is -0.293. The van der Waals surface area contributed by atoms with E-state index in [9.17, 15) is 14.4 Å². The normalized spacial score (nSPS) is 16.3. The monoisotopic (exact) mass is 475 g/mol. The molecule has 0 aliphatic carbocycles. The second-order valence-corrected chi connectivity index (χ2v) is 9.37. The molecule has 2 heterocycles. The summed E-state index contributed by atoms with van der Waals surface area (Å²) in [5.74, 6) is -0.535. The van der Waals surface area contributed by atoms with Gasteiger partial charge in [0.25, 0.3) is 5.56 Å². The van der Waals surface area contributed by atoms with Gasteiger partial charge in [-0.3, -0.25) is 24.0 Å². The largest absolute Gasteiger partial charge is 0.325 e. The minimum Gasteiger partial charge on any atom is -0.325 e.